The number of aromatic nitrogens is 1. The Balaban J connectivity index is 1.42. The molecule has 0 aromatic carbocycles. The number of carbonyl (C=O) groups is 2. The number of nitrogens with one attached hydrogen (secondary N) is 2. The van der Waals surface area contributed by atoms with Crippen molar-refractivity contribution in [1.29, 1.82) is 0 Å². The SMILES string of the molecule is CC(=O)N[C@H]1C(C)(C)[C@@H]2C[C@@H]3[C@@H](CCNC(=O)c4ccncc4)OCC[C@@]31C2. The van der Waals surface area contributed by atoms with Crippen molar-refractivity contribution in [3.05, 3.63) is 30.1 Å². The summed E-state index contributed by atoms with van der Waals surface area (Å²) in [6, 6.07) is 3.65. The zero-order valence-electron chi connectivity index (χ0n) is 17.0. The van der Waals surface area contributed by atoms with Crippen molar-refractivity contribution >= 4 is 11.8 Å². The van der Waals surface area contributed by atoms with Crippen LogP contribution in [0, 0.1) is 22.7 Å². The number of fused-ring (bicyclic) bond motifs is 1. The molecule has 1 spiro atoms. The first-order valence-electron chi connectivity index (χ1n) is 10.4. The van der Waals surface area contributed by atoms with Crippen molar-refractivity contribution in [2.24, 2.45) is 22.7 Å². The summed E-state index contributed by atoms with van der Waals surface area (Å²) < 4.78 is 6.17. The summed E-state index contributed by atoms with van der Waals surface area (Å²) >= 11 is 0. The van der Waals surface area contributed by atoms with E-state index in [1.165, 1.54) is 6.42 Å². The van der Waals surface area contributed by atoms with Crippen LogP contribution in [0.3, 0.4) is 0 Å². The van der Waals surface area contributed by atoms with Gasteiger partial charge in [0.15, 0.2) is 0 Å². The van der Waals surface area contributed by atoms with E-state index in [0.29, 0.717) is 23.9 Å². The number of carbonyl (C=O) groups excluding carboxylic acids is 2. The molecule has 1 saturated heterocycles. The Morgan fingerprint density at radius 3 is 2.75 bits per heavy atom. The predicted molar refractivity (Wildman–Crippen MR) is 106 cm³/mol. The van der Waals surface area contributed by atoms with Crippen LogP contribution in [-0.2, 0) is 9.53 Å². The predicted octanol–water partition coefficient (Wildman–Crippen LogP) is 2.55. The summed E-state index contributed by atoms with van der Waals surface area (Å²) in [5.74, 6) is 1.06. The monoisotopic (exact) mass is 385 g/mol. The van der Waals surface area contributed by atoms with Crippen molar-refractivity contribution in [2.75, 3.05) is 13.2 Å². The van der Waals surface area contributed by atoms with E-state index in [-0.39, 0.29) is 34.8 Å². The van der Waals surface area contributed by atoms with E-state index in [9.17, 15) is 9.59 Å². The maximum Gasteiger partial charge on any atom is 0.251 e. The Hall–Kier alpha value is -1.95. The lowest BCUT2D eigenvalue weighted by Crippen LogP contribution is -2.60. The molecule has 3 fully saturated rings. The lowest BCUT2D eigenvalue weighted by molar-refractivity contribution is -0.135. The van der Waals surface area contributed by atoms with Gasteiger partial charge in [0.1, 0.15) is 0 Å². The van der Waals surface area contributed by atoms with Crippen molar-refractivity contribution < 1.29 is 14.3 Å². The lowest BCUT2D eigenvalue weighted by atomic mass is 9.59. The second kappa shape index (κ2) is 7.14. The van der Waals surface area contributed by atoms with E-state index < -0.39 is 0 Å². The highest BCUT2D eigenvalue weighted by Crippen LogP contribution is 2.68. The molecule has 2 heterocycles. The number of hydrogen-bond donors (Lipinski definition) is 2. The van der Waals surface area contributed by atoms with Gasteiger partial charge in [0.2, 0.25) is 5.91 Å². The van der Waals surface area contributed by atoms with Gasteiger partial charge in [-0.15, -0.1) is 0 Å². The summed E-state index contributed by atoms with van der Waals surface area (Å²) in [6.45, 7) is 7.57. The summed E-state index contributed by atoms with van der Waals surface area (Å²) in [4.78, 5) is 28.1. The van der Waals surface area contributed by atoms with E-state index in [0.717, 1.165) is 25.9 Å². The van der Waals surface area contributed by atoms with Crippen LogP contribution in [0.1, 0.15) is 56.8 Å². The molecule has 0 unspecified atom stereocenters. The number of nitrogens with zero attached hydrogens (tertiary/aromatic N) is 1. The van der Waals surface area contributed by atoms with Crippen LogP contribution in [0.25, 0.3) is 0 Å². The van der Waals surface area contributed by atoms with Gasteiger partial charge in [0.05, 0.1) is 6.10 Å². The highest BCUT2D eigenvalue weighted by molar-refractivity contribution is 5.93. The van der Waals surface area contributed by atoms with E-state index >= 15 is 0 Å². The molecule has 3 aliphatic rings. The Morgan fingerprint density at radius 2 is 2.04 bits per heavy atom. The third-order valence-corrected chi connectivity index (χ3v) is 7.63. The van der Waals surface area contributed by atoms with Gasteiger partial charge in [-0.05, 0) is 60.5 Å². The van der Waals surface area contributed by atoms with Crippen molar-refractivity contribution in [1.82, 2.24) is 15.6 Å². The smallest absolute Gasteiger partial charge is 0.251 e. The second-order valence-electron chi connectivity index (χ2n) is 9.37. The summed E-state index contributed by atoms with van der Waals surface area (Å²) in [7, 11) is 0. The molecule has 0 radical (unpaired) electrons. The lowest BCUT2D eigenvalue weighted by Gasteiger charge is -2.53. The molecule has 5 atom stereocenters. The molecule has 28 heavy (non-hydrogen) atoms. The fourth-order valence-electron chi connectivity index (χ4n) is 6.33. The number of hydrogen-bond acceptors (Lipinski definition) is 4. The Morgan fingerprint density at radius 1 is 1.29 bits per heavy atom. The molecule has 2 saturated carbocycles. The minimum atomic E-state index is -0.0712. The van der Waals surface area contributed by atoms with E-state index in [2.05, 4.69) is 29.5 Å². The molecular formula is C22H31N3O3. The van der Waals surface area contributed by atoms with E-state index in [4.69, 9.17) is 4.74 Å². The largest absolute Gasteiger partial charge is 0.378 e. The molecule has 4 rings (SSSR count). The molecule has 1 aliphatic heterocycles. The van der Waals surface area contributed by atoms with Gasteiger partial charge in [-0.2, -0.15) is 0 Å². The average Bonchev–Trinajstić information content (AvgIpc) is 3.16. The normalized spacial score (nSPS) is 35.2. The van der Waals surface area contributed by atoms with E-state index in [1.807, 2.05) is 0 Å². The highest BCUT2D eigenvalue weighted by atomic mass is 16.5. The zero-order valence-corrected chi connectivity index (χ0v) is 17.0. The Labute approximate surface area is 166 Å². The summed E-state index contributed by atoms with van der Waals surface area (Å²) in [5, 5.41) is 6.31. The van der Waals surface area contributed by atoms with Crippen LogP contribution < -0.4 is 10.6 Å². The Bertz CT molecular complexity index is 751. The molecule has 2 aliphatic carbocycles. The minimum absolute atomic E-state index is 0.0615. The minimum Gasteiger partial charge on any atom is -0.378 e. The topological polar surface area (TPSA) is 80.3 Å². The molecule has 2 amide bonds. The first kappa shape index (κ1) is 19.4. The fraction of sp³-hybridized carbons (Fsp3) is 0.682. The van der Waals surface area contributed by atoms with Crippen molar-refractivity contribution in [2.45, 2.75) is 58.6 Å². The van der Waals surface area contributed by atoms with Crippen molar-refractivity contribution in [3.8, 4) is 0 Å². The van der Waals surface area contributed by atoms with Crippen LogP contribution in [0.5, 0.6) is 0 Å². The summed E-state index contributed by atoms with van der Waals surface area (Å²) in [5.41, 5.74) is 0.890. The van der Waals surface area contributed by atoms with Crippen LogP contribution in [-0.4, -0.2) is 42.1 Å². The first-order chi connectivity index (χ1) is 13.3. The molecule has 2 bridgehead atoms. The van der Waals surface area contributed by atoms with Gasteiger partial charge in [0, 0.05) is 44.1 Å². The quantitative estimate of drug-likeness (QED) is 0.816. The molecule has 6 heteroatoms. The summed E-state index contributed by atoms with van der Waals surface area (Å²) in [6.07, 6.45) is 7.56. The van der Waals surface area contributed by atoms with E-state index in [1.54, 1.807) is 31.5 Å². The third kappa shape index (κ3) is 3.11. The molecule has 152 valence electrons. The average molecular weight is 386 g/mol. The maximum atomic E-state index is 12.3. The second-order valence-corrected chi connectivity index (χ2v) is 9.37. The fourth-order valence-corrected chi connectivity index (χ4v) is 6.33. The van der Waals surface area contributed by atoms with Gasteiger partial charge in [-0.3, -0.25) is 14.6 Å². The van der Waals surface area contributed by atoms with Gasteiger partial charge >= 0.3 is 0 Å². The number of amides is 2. The van der Waals surface area contributed by atoms with Crippen LogP contribution in [0.4, 0.5) is 0 Å². The van der Waals surface area contributed by atoms with Gasteiger partial charge < -0.3 is 15.4 Å². The first-order valence-corrected chi connectivity index (χ1v) is 10.4. The van der Waals surface area contributed by atoms with Crippen molar-refractivity contribution in [3.63, 3.8) is 0 Å². The molecule has 1 aromatic heterocycles. The number of pyridine rings is 1. The molecule has 6 nitrogen and oxygen atoms in total. The molecular weight excluding hydrogens is 354 g/mol. The van der Waals surface area contributed by atoms with Gasteiger partial charge in [0.25, 0.3) is 5.91 Å². The maximum absolute atomic E-state index is 12.3. The van der Waals surface area contributed by atoms with Gasteiger partial charge in [-0.1, -0.05) is 13.8 Å². The van der Waals surface area contributed by atoms with Crippen LogP contribution in [0.2, 0.25) is 0 Å². The van der Waals surface area contributed by atoms with Crippen LogP contribution in [0.15, 0.2) is 24.5 Å². The number of ether oxygens (including phenoxy) is 1. The standard InChI is InChI=1S/C22H31N3O3/c1-14(26)25-20-21(2,3)16-12-17-18(28-11-7-22(17,20)13-16)6-10-24-19(27)15-4-8-23-9-5-15/h4-5,8-9,16-18,20H,6-7,10-13H2,1-3H3,(H,24,27)(H,25,26)/t16-,17-,18-,20+,22-/m1/s1. The zero-order chi connectivity index (χ0) is 19.9. The third-order valence-electron chi connectivity index (χ3n) is 7.63. The van der Waals surface area contributed by atoms with Gasteiger partial charge in [-0.25, -0.2) is 0 Å². The van der Waals surface area contributed by atoms with Crippen LogP contribution >= 0.6 is 0 Å². The molecule has 2 N–H and O–H groups in total. The molecule has 1 aromatic rings. The highest BCUT2D eigenvalue weighted by Gasteiger charge is 2.68. The number of rotatable bonds is 5. The Kier molecular flexibility index (Phi) is 4.94.